The van der Waals surface area contributed by atoms with E-state index in [1.54, 1.807) is 18.2 Å². The van der Waals surface area contributed by atoms with E-state index in [4.69, 9.17) is 28.3 Å². The maximum atomic E-state index is 11.3. The normalized spacial score (nSPS) is 10.0. The quantitative estimate of drug-likeness (QED) is 0.668. The molecule has 0 aromatic heterocycles. The zero-order chi connectivity index (χ0) is 19.5. The summed E-state index contributed by atoms with van der Waals surface area (Å²) in [6.45, 7) is 7.33. The number of aromatic carboxylic acids is 1. The van der Waals surface area contributed by atoms with Gasteiger partial charge in [-0.15, -0.1) is 0 Å². The van der Waals surface area contributed by atoms with Crippen molar-refractivity contribution in [3.05, 3.63) is 57.6 Å². The third-order valence-electron chi connectivity index (χ3n) is 3.51. The summed E-state index contributed by atoms with van der Waals surface area (Å²) < 4.78 is 0. The van der Waals surface area contributed by atoms with Gasteiger partial charge in [0.2, 0.25) is 0 Å². The van der Waals surface area contributed by atoms with E-state index in [-0.39, 0.29) is 5.56 Å². The first-order valence-corrected chi connectivity index (χ1v) is 9.18. The van der Waals surface area contributed by atoms with E-state index < -0.39 is 11.7 Å². The van der Waals surface area contributed by atoms with Gasteiger partial charge in [-0.05, 0) is 50.1 Å². The van der Waals surface area contributed by atoms with Crippen LogP contribution in [0.2, 0.25) is 10.0 Å². The van der Waals surface area contributed by atoms with Crippen LogP contribution in [0.4, 0.5) is 5.69 Å². The SMILES string of the molecule is CC[NH2+]CC.O=C(O)c1cc(NCCc2ccc(Cl)c(Cl)c2)ccc1[O-]. The molecule has 0 fully saturated rings. The number of hydrogen-bond acceptors (Lipinski definition) is 3. The van der Waals surface area contributed by atoms with Crippen molar-refractivity contribution in [2.24, 2.45) is 0 Å². The van der Waals surface area contributed by atoms with Crippen molar-refractivity contribution in [2.45, 2.75) is 20.3 Å². The van der Waals surface area contributed by atoms with Crippen LogP contribution in [0, 0.1) is 0 Å². The second-order valence-electron chi connectivity index (χ2n) is 5.55. The van der Waals surface area contributed by atoms with Gasteiger partial charge in [0.05, 0.1) is 28.7 Å². The lowest BCUT2D eigenvalue weighted by Gasteiger charge is -2.13. The average Bonchev–Trinajstić information content (AvgIpc) is 2.60. The van der Waals surface area contributed by atoms with Gasteiger partial charge in [-0.3, -0.25) is 0 Å². The number of carboxylic acids is 1. The lowest BCUT2D eigenvalue weighted by atomic mass is 10.1. The Labute approximate surface area is 164 Å². The average molecular weight is 399 g/mol. The lowest BCUT2D eigenvalue weighted by Crippen LogP contribution is -2.82. The van der Waals surface area contributed by atoms with E-state index in [9.17, 15) is 9.90 Å². The van der Waals surface area contributed by atoms with Crippen molar-refractivity contribution >= 4 is 34.9 Å². The summed E-state index contributed by atoms with van der Waals surface area (Å²) in [5.74, 6) is -1.73. The molecule has 0 spiro atoms. The minimum Gasteiger partial charge on any atom is -0.872 e. The Balaban J connectivity index is 0.000000597. The van der Waals surface area contributed by atoms with E-state index >= 15 is 0 Å². The minimum atomic E-state index is -1.23. The molecule has 0 saturated carbocycles. The third-order valence-corrected chi connectivity index (χ3v) is 4.25. The molecule has 0 unspecified atom stereocenters. The fourth-order valence-corrected chi connectivity index (χ4v) is 2.46. The zero-order valence-corrected chi connectivity index (χ0v) is 16.4. The van der Waals surface area contributed by atoms with Gasteiger partial charge in [0.15, 0.2) is 0 Å². The van der Waals surface area contributed by atoms with Crippen LogP contribution in [-0.4, -0.2) is 30.7 Å². The first kappa shape index (κ1) is 22.1. The van der Waals surface area contributed by atoms with Crippen molar-refractivity contribution in [3.63, 3.8) is 0 Å². The van der Waals surface area contributed by atoms with Gasteiger partial charge in [-0.25, -0.2) is 4.79 Å². The lowest BCUT2D eigenvalue weighted by molar-refractivity contribution is -0.648. The van der Waals surface area contributed by atoms with Gasteiger partial charge < -0.3 is 20.8 Å². The highest BCUT2D eigenvalue weighted by Gasteiger charge is 2.05. The number of halogens is 2. The molecule has 0 radical (unpaired) electrons. The summed E-state index contributed by atoms with van der Waals surface area (Å²) in [6, 6.07) is 9.52. The third kappa shape index (κ3) is 7.52. The van der Waals surface area contributed by atoms with E-state index in [0.717, 1.165) is 5.56 Å². The molecule has 7 heteroatoms. The Kier molecular flexibility index (Phi) is 9.88. The van der Waals surface area contributed by atoms with Crippen molar-refractivity contribution in [2.75, 3.05) is 25.0 Å². The standard InChI is InChI=1S/C15H13Cl2NO3.C4H11N/c16-12-3-1-9(7-13(12)17)5-6-18-10-2-4-14(19)11(8-10)15(20)21;1-3-5-4-2/h1-4,7-8,18-19H,5-6H2,(H,20,21);5H,3-4H2,1-2H3. The highest BCUT2D eigenvalue weighted by atomic mass is 35.5. The zero-order valence-electron chi connectivity index (χ0n) is 14.9. The number of carboxylic acid groups (broad SMARTS) is 1. The molecule has 5 nitrogen and oxygen atoms in total. The van der Waals surface area contributed by atoms with Gasteiger partial charge in [0.25, 0.3) is 0 Å². The summed E-state index contributed by atoms with van der Waals surface area (Å²) in [5, 5.41) is 26.6. The molecule has 0 aliphatic rings. The molecule has 0 aliphatic carbocycles. The topological polar surface area (TPSA) is 89.0 Å². The van der Waals surface area contributed by atoms with Crippen LogP contribution in [0.15, 0.2) is 36.4 Å². The molecule has 0 saturated heterocycles. The Hall–Kier alpha value is -1.95. The van der Waals surface area contributed by atoms with Crippen LogP contribution < -0.4 is 15.7 Å². The Morgan fingerprint density at radius 3 is 2.35 bits per heavy atom. The predicted molar refractivity (Wildman–Crippen MR) is 105 cm³/mol. The summed E-state index contributed by atoms with van der Waals surface area (Å²) in [4.78, 5) is 10.9. The number of benzene rings is 2. The Morgan fingerprint density at radius 2 is 1.81 bits per heavy atom. The number of hydrogen-bond donors (Lipinski definition) is 3. The van der Waals surface area contributed by atoms with Gasteiger partial charge in [-0.1, -0.05) is 41.1 Å². The van der Waals surface area contributed by atoms with Crippen LogP contribution in [0.25, 0.3) is 0 Å². The van der Waals surface area contributed by atoms with E-state index in [2.05, 4.69) is 24.5 Å². The fraction of sp³-hybridized carbons (Fsp3) is 0.316. The highest BCUT2D eigenvalue weighted by molar-refractivity contribution is 6.42. The Bertz CT molecular complexity index is 722. The largest absolute Gasteiger partial charge is 0.872 e. The second kappa shape index (κ2) is 11.6. The molecule has 26 heavy (non-hydrogen) atoms. The minimum absolute atomic E-state index is 0.241. The second-order valence-corrected chi connectivity index (χ2v) is 6.36. The predicted octanol–water partition coefficient (Wildman–Crippen LogP) is 3.01. The van der Waals surface area contributed by atoms with Crippen molar-refractivity contribution in [1.82, 2.24) is 0 Å². The van der Waals surface area contributed by atoms with E-state index in [0.29, 0.717) is 28.7 Å². The molecular weight excluding hydrogens is 375 g/mol. The van der Waals surface area contributed by atoms with Crippen LogP contribution >= 0.6 is 23.2 Å². The molecular formula is C19H24Cl2N2O3. The van der Waals surface area contributed by atoms with E-state index in [1.807, 2.05) is 6.07 Å². The molecule has 4 N–H and O–H groups in total. The summed E-state index contributed by atoms with van der Waals surface area (Å²) in [7, 11) is 0. The van der Waals surface area contributed by atoms with Gasteiger partial charge in [-0.2, -0.15) is 0 Å². The molecule has 0 aliphatic heterocycles. The number of anilines is 1. The highest BCUT2D eigenvalue weighted by Crippen LogP contribution is 2.23. The molecule has 2 aromatic rings. The van der Waals surface area contributed by atoms with Crippen LogP contribution in [0.5, 0.6) is 5.75 Å². The van der Waals surface area contributed by atoms with E-state index in [1.165, 1.54) is 25.2 Å². The number of nitrogens with one attached hydrogen (secondary N) is 1. The number of carbonyl (C=O) groups is 1. The van der Waals surface area contributed by atoms with Crippen molar-refractivity contribution in [3.8, 4) is 5.75 Å². The molecule has 0 atom stereocenters. The molecule has 0 bridgehead atoms. The van der Waals surface area contributed by atoms with Crippen LogP contribution in [0.3, 0.4) is 0 Å². The fourth-order valence-electron chi connectivity index (χ4n) is 2.14. The maximum absolute atomic E-state index is 11.3. The Morgan fingerprint density at radius 1 is 1.12 bits per heavy atom. The molecule has 0 amide bonds. The monoisotopic (exact) mass is 398 g/mol. The van der Waals surface area contributed by atoms with Crippen molar-refractivity contribution < 1.29 is 20.3 Å². The smallest absolute Gasteiger partial charge is 0.335 e. The van der Waals surface area contributed by atoms with Crippen LogP contribution in [-0.2, 0) is 6.42 Å². The number of quaternary nitrogens is 1. The molecule has 0 heterocycles. The van der Waals surface area contributed by atoms with Gasteiger partial charge in [0, 0.05) is 12.2 Å². The number of rotatable bonds is 7. The summed E-state index contributed by atoms with van der Waals surface area (Å²) >= 11 is 11.8. The van der Waals surface area contributed by atoms with Gasteiger partial charge in [0.1, 0.15) is 0 Å². The van der Waals surface area contributed by atoms with Crippen LogP contribution in [0.1, 0.15) is 29.8 Å². The molecule has 2 aromatic carbocycles. The summed E-state index contributed by atoms with van der Waals surface area (Å²) in [5.41, 5.74) is 1.36. The first-order chi connectivity index (χ1) is 12.4. The van der Waals surface area contributed by atoms with Crippen molar-refractivity contribution in [1.29, 1.82) is 0 Å². The molecule has 142 valence electrons. The first-order valence-electron chi connectivity index (χ1n) is 8.42. The summed E-state index contributed by atoms with van der Waals surface area (Å²) in [6.07, 6.45) is 0.693. The molecule has 2 rings (SSSR count). The van der Waals surface area contributed by atoms with Gasteiger partial charge >= 0.3 is 5.97 Å². The number of nitrogens with two attached hydrogens (primary N) is 1. The maximum Gasteiger partial charge on any atom is 0.335 e.